The number of rotatable bonds is 2. The number of piperidine rings is 2. The minimum atomic E-state index is 0. The van der Waals surface area contributed by atoms with Crippen LogP contribution in [0.3, 0.4) is 0 Å². The van der Waals surface area contributed by atoms with Crippen molar-refractivity contribution in [2.45, 2.75) is 46.0 Å². The number of carbonyl (C=O) groups is 1. The highest BCUT2D eigenvalue weighted by Gasteiger charge is 2.34. The van der Waals surface area contributed by atoms with E-state index in [0.29, 0.717) is 11.3 Å². The maximum atomic E-state index is 12.5. The molecule has 3 nitrogen and oxygen atoms in total. The molecule has 0 radical (unpaired) electrons. The van der Waals surface area contributed by atoms with Crippen molar-refractivity contribution in [1.29, 1.82) is 0 Å². The average molecular weight is 275 g/mol. The molecule has 1 amide bonds. The molecule has 0 aromatic carbocycles. The van der Waals surface area contributed by atoms with Gasteiger partial charge in [-0.2, -0.15) is 0 Å². The van der Waals surface area contributed by atoms with Crippen molar-refractivity contribution in [2.75, 3.05) is 26.2 Å². The molecule has 1 N–H and O–H groups in total. The molecular formula is C14H27ClN2O. The van der Waals surface area contributed by atoms with Gasteiger partial charge in [-0.3, -0.25) is 4.79 Å². The number of carbonyl (C=O) groups excluding carboxylic acids is 1. The molecular weight excluding hydrogens is 248 g/mol. The first-order chi connectivity index (χ1) is 8.14. The highest BCUT2D eigenvalue weighted by Crippen LogP contribution is 2.33. The lowest BCUT2D eigenvalue weighted by molar-refractivity contribution is -0.139. The van der Waals surface area contributed by atoms with Crippen molar-refractivity contribution in [3.8, 4) is 0 Å². The van der Waals surface area contributed by atoms with Gasteiger partial charge in [-0.15, -0.1) is 12.4 Å². The van der Waals surface area contributed by atoms with E-state index >= 15 is 0 Å². The Labute approximate surface area is 117 Å². The van der Waals surface area contributed by atoms with Crippen LogP contribution in [0.15, 0.2) is 0 Å². The van der Waals surface area contributed by atoms with Crippen molar-refractivity contribution in [2.24, 2.45) is 11.3 Å². The van der Waals surface area contributed by atoms with Gasteiger partial charge in [0, 0.05) is 19.0 Å². The van der Waals surface area contributed by atoms with E-state index in [1.54, 1.807) is 0 Å². The number of halogens is 1. The molecule has 0 aliphatic carbocycles. The third kappa shape index (κ3) is 3.61. The van der Waals surface area contributed by atoms with Gasteiger partial charge in [0.15, 0.2) is 0 Å². The van der Waals surface area contributed by atoms with E-state index in [4.69, 9.17) is 0 Å². The minimum absolute atomic E-state index is 0. The zero-order chi connectivity index (χ0) is 12.3. The van der Waals surface area contributed by atoms with Crippen LogP contribution in [0.1, 0.15) is 46.0 Å². The van der Waals surface area contributed by atoms with E-state index in [0.717, 1.165) is 39.0 Å². The van der Waals surface area contributed by atoms with Gasteiger partial charge in [0.05, 0.1) is 0 Å². The number of nitrogens with one attached hydrogen (secondary N) is 1. The molecule has 1 atom stereocenters. The second kappa shape index (κ2) is 6.76. The Morgan fingerprint density at radius 3 is 2.67 bits per heavy atom. The van der Waals surface area contributed by atoms with Crippen molar-refractivity contribution in [3.05, 3.63) is 0 Å². The van der Waals surface area contributed by atoms with Crippen LogP contribution in [0.5, 0.6) is 0 Å². The largest absolute Gasteiger partial charge is 0.342 e. The smallest absolute Gasteiger partial charge is 0.225 e. The van der Waals surface area contributed by atoms with Gasteiger partial charge >= 0.3 is 0 Å². The Morgan fingerprint density at radius 1 is 1.39 bits per heavy atom. The maximum Gasteiger partial charge on any atom is 0.225 e. The predicted octanol–water partition coefficient (Wildman–Crippen LogP) is 2.45. The molecule has 2 fully saturated rings. The summed E-state index contributed by atoms with van der Waals surface area (Å²) in [5, 5.41) is 3.33. The van der Waals surface area contributed by atoms with Crippen LogP contribution in [-0.2, 0) is 4.79 Å². The first-order valence-electron chi connectivity index (χ1n) is 7.14. The highest BCUT2D eigenvalue weighted by atomic mass is 35.5. The van der Waals surface area contributed by atoms with Gasteiger partial charge in [-0.05, 0) is 50.6 Å². The van der Waals surface area contributed by atoms with Crippen molar-refractivity contribution in [1.82, 2.24) is 10.2 Å². The molecule has 2 heterocycles. The lowest BCUT2D eigenvalue weighted by atomic mass is 9.79. The molecule has 2 rings (SSSR count). The van der Waals surface area contributed by atoms with E-state index in [-0.39, 0.29) is 18.3 Å². The van der Waals surface area contributed by atoms with Crippen molar-refractivity contribution in [3.63, 3.8) is 0 Å². The van der Waals surface area contributed by atoms with Crippen molar-refractivity contribution < 1.29 is 4.79 Å². The molecule has 2 saturated heterocycles. The fraction of sp³-hybridized carbons (Fsp3) is 0.929. The summed E-state index contributed by atoms with van der Waals surface area (Å²) in [6, 6.07) is 0. The molecule has 0 aromatic rings. The van der Waals surface area contributed by atoms with Crippen LogP contribution >= 0.6 is 12.4 Å². The first kappa shape index (κ1) is 15.8. The lowest BCUT2D eigenvalue weighted by Gasteiger charge is -2.41. The summed E-state index contributed by atoms with van der Waals surface area (Å²) in [6.45, 7) is 8.56. The first-order valence-corrected chi connectivity index (χ1v) is 7.14. The average Bonchev–Trinajstić information content (AvgIpc) is 2.39. The standard InChI is InChI=1S/C14H26N2O.ClH/c1-3-14(2)7-4-10-16(11-14)13(17)12-5-8-15-9-6-12;/h12,15H,3-11H2,1-2H3;1H. The number of hydrogen-bond donors (Lipinski definition) is 1. The molecule has 2 aliphatic heterocycles. The number of nitrogens with zero attached hydrogens (tertiary/aromatic N) is 1. The molecule has 0 saturated carbocycles. The van der Waals surface area contributed by atoms with Crippen LogP contribution in [-0.4, -0.2) is 37.0 Å². The van der Waals surface area contributed by atoms with Gasteiger partial charge in [0.1, 0.15) is 0 Å². The minimum Gasteiger partial charge on any atom is -0.342 e. The normalized spacial score (nSPS) is 29.8. The maximum absolute atomic E-state index is 12.5. The third-order valence-corrected chi connectivity index (χ3v) is 4.63. The molecule has 18 heavy (non-hydrogen) atoms. The molecule has 0 spiro atoms. The van der Waals surface area contributed by atoms with Crippen LogP contribution in [0.4, 0.5) is 0 Å². The van der Waals surface area contributed by atoms with Crippen LogP contribution < -0.4 is 5.32 Å². The SMILES string of the molecule is CCC1(C)CCCN(C(=O)C2CCNCC2)C1.Cl. The highest BCUT2D eigenvalue weighted by molar-refractivity contribution is 5.85. The topological polar surface area (TPSA) is 32.3 Å². The molecule has 4 heteroatoms. The molecule has 0 bridgehead atoms. The lowest BCUT2D eigenvalue weighted by Crippen LogP contribution is -2.48. The van der Waals surface area contributed by atoms with E-state index in [1.807, 2.05) is 0 Å². The molecule has 0 aromatic heterocycles. The summed E-state index contributed by atoms with van der Waals surface area (Å²) < 4.78 is 0. The van der Waals surface area contributed by atoms with E-state index in [2.05, 4.69) is 24.1 Å². The summed E-state index contributed by atoms with van der Waals surface area (Å²) >= 11 is 0. The molecule has 106 valence electrons. The van der Waals surface area contributed by atoms with Gasteiger partial charge in [0.25, 0.3) is 0 Å². The Bertz CT molecular complexity index is 279. The summed E-state index contributed by atoms with van der Waals surface area (Å²) in [4.78, 5) is 14.6. The van der Waals surface area contributed by atoms with Crippen LogP contribution in [0.2, 0.25) is 0 Å². The Balaban J connectivity index is 0.00000162. The Morgan fingerprint density at radius 2 is 2.06 bits per heavy atom. The summed E-state index contributed by atoms with van der Waals surface area (Å²) in [5.74, 6) is 0.710. The quantitative estimate of drug-likeness (QED) is 0.839. The predicted molar refractivity (Wildman–Crippen MR) is 77.1 cm³/mol. The van der Waals surface area contributed by atoms with Gasteiger partial charge < -0.3 is 10.2 Å². The number of amides is 1. The van der Waals surface area contributed by atoms with Gasteiger partial charge in [0.2, 0.25) is 5.91 Å². The Kier molecular flexibility index (Phi) is 5.93. The van der Waals surface area contributed by atoms with Crippen LogP contribution in [0.25, 0.3) is 0 Å². The summed E-state index contributed by atoms with van der Waals surface area (Å²) in [7, 11) is 0. The monoisotopic (exact) mass is 274 g/mol. The van der Waals surface area contributed by atoms with Gasteiger partial charge in [-0.25, -0.2) is 0 Å². The van der Waals surface area contributed by atoms with Crippen LogP contribution in [0, 0.1) is 11.3 Å². The molecule has 1 unspecified atom stereocenters. The zero-order valence-electron chi connectivity index (χ0n) is 11.7. The zero-order valence-corrected chi connectivity index (χ0v) is 12.5. The second-order valence-corrected chi connectivity index (χ2v) is 6.05. The Hall–Kier alpha value is -0.280. The van der Waals surface area contributed by atoms with Crippen molar-refractivity contribution >= 4 is 18.3 Å². The summed E-state index contributed by atoms with van der Waals surface area (Å²) in [6.07, 6.45) is 5.69. The van der Waals surface area contributed by atoms with E-state index < -0.39 is 0 Å². The second-order valence-electron chi connectivity index (χ2n) is 6.05. The molecule has 2 aliphatic rings. The third-order valence-electron chi connectivity index (χ3n) is 4.63. The van der Waals surface area contributed by atoms with Gasteiger partial charge in [-0.1, -0.05) is 13.8 Å². The fourth-order valence-corrected chi connectivity index (χ4v) is 3.12. The number of likely N-dealkylation sites (tertiary alicyclic amines) is 1. The fourth-order valence-electron chi connectivity index (χ4n) is 3.12. The van der Waals surface area contributed by atoms with E-state index in [9.17, 15) is 4.79 Å². The number of hydrogen-bond acceptors (Lipinski definition) is 2. The van der Waals surface area contributed by atoms with E-state index in [1.165, 1.54) is 19.3 Å². The summed E-state index contributed by atoms with van der Waals surface area (Å²) in [5.41, 5.74) is 0.362.